The lowest BCUT2D eigenvalue weighted by atomic mass is 10.3. The van der Waals surface area contributed by atoms with Gasteiger partial charge in [-0.25, -0.2) is 17.8 Å². The van der Waals surface area contributed by atoms with Crippen molar-refractivity contribution in [3.8, 4) is 0 Å². The van der Waals surface area contributed by atoms with E-state index >= 15 is 0 Å². The van der Waals surface area contributed by atoms with Crippen molar-refractivity contribution in [1.82, 2.24) is 5.32 Å². The number of anilines is 1. The van der Waals surface area contributed by atoms with E-state index in [1.807, 2.05) is 0 Å². The highest BCUT2D eigenvalue weighted by Crippen LogP contribution is 2.11. The quantitative estimate of drug-likeness (QED) is 0.876. The molecular weight excluding hydrogens is 257 g/mol. The van der Waals surface area contributed by atoms with Gasteiger partial charge in [0.25, 0.3) is 0 Å². The third kappa shape index (κ3) is 4.70. The summed E-state index contributed by atoms with van der Waals surface area (Å²) in [6, 6.07) is 5.33. The molecule has 100 valence electrons. The first-order chi connectivity index (χ1) is 8.44. The van der Waals surface area contributed by atoms with Crippen LogP contribution in [0, 0.1) is 5.82 Å². The Morgan fingerprint density at radius 2 is 2.11 bits per heavy atom. The Morgan fingerprint density at radius 1 is 1.44 bits per heavy atom. The summed E-state index contributed by atoms with van der Waals surface area (Å²) in [5.41, 5.74) is 0.104. The van der Waals surface area contributed by atoms with E-state index in [-0.39, 0.29) is 18.0 Å². The van der Waals surface area contributed by atoms with Crippen LogP contribution in [0.3, 0.4) is 0 Å². The highest BCUT2D eigenvalue weighted by atomic mass is 32.2. The number of halogens is 1. The number of amides is 2. The molecule has 0 fully saturated rings. The fourth-order valence-corrected chi connectivity index (χ4v) is 1.84. The first-order valence-corrected chi connectivity index (χ1v) is 7.41. The molecule has 0 aliphatic carbocycles. The fraction of sp³-hybridized carbons (Fsp3) is 0.364. The topological polar surface area (TPSA) is 70.6 Å². The fourth-order valence-electron chi connectivity index (χ4n) is 1.17. The molecule has 1 atom stereocenters. The van der Waals surface area contributed by atoms with E-state index in [4.69, 9.17) is 0 Å². The van der Waals surface area contributed by atoms with Gasteiger partial charge in [-0.15, -0.1) is 0 Å². The van der Waals surface area contributed by atoms with Gasteiger partial charge >= 0.3 is 6.03 Å². The lowest BCUT2D eigenvalue weighted by Gasteiger charge is -2.08. The summed E-state index contributed by atoms with van der Waals surface area (Å²) >= 11 is 0. The average Bonchev–Trinajstić information content (AvgIpc) is 2.32. The number of urea groups is 1. The minimum Gasteiger partial charge on any atom is -0.337 e. The first kappa shape index (κ1) is 14.4. The molecule has 0 saturated heterocycles. The van der Waals surface area contributed by atoms with E-state index in [9.17, 15) is 13.4 Å². The van der Waals surface area contributed by atoms with Crippen molar-refractivity contribution >= 4 is 21.4 Å². The Balaban J connectivity index is 2.44. The zero-order valence-corrected chi connectivity index (χ0v) is 11.1. The molecule has 0 aromatic heterocycles. The molecule has 2 amide bonds. The zero-order valence-electron chi connectivity index (χ0n) is 10.3. The molecule has 0 radical (unpaired) electrons. The minimum absolute atomic E-state index is 0.104. The number of carbonyl (C=O) groups is 1. The van der Waals surface area contributed by atoms with Gasteiger partial charge in [-0.05, 0) is 12.1 Å². The van der Waals surface area contributed by atoms with Gasteiger partial charge in [0, 0.05) is 35.3 Å². The molecule has 0 saturated carbocycles. The molecular formula is C11H16FN3O2S. The number of rotatable bonds is 4. The molecule has 0 heterocycles. The van der Waals surface area contributed by atoms with Crippen molar-refractivity contribution in [1.29, 1.82) is 0 Å². The van der Waals surface area contributed by atoms with Gasteiger partial charge < -0.3 is 10.6 Å². The second kappa shape index (κ2) is 6.34. The first-order valence-electron chi connectivity index (χ1n) is 5.32. The Hall–Kier alpha value is -1.63. The molecule has 0 spiro atoms. The number of hydrogen-bond acceptors (Lipinski definition) is 3. The lowest BCUT2D eigenvalue weighted by molar-refractivity contribution is 0.252. The van der Waals surface area contributed by atoms with Crippen LogP contribution in [0.1, 0.15) is 0 Å². The third-order valence-electron chi connectivity index (χ3n) is 2.27. The number of hydrogen-bond donors (Lipinski definition) is 2. The Morgan fingerprint density at radius 3 is 2.72 bits per heavy atom. The highest BCUT2D eigenvalue weighted by molar-refractivity contribution is 7.92. The van der Waals surface area contributed by atoms with Crippen LogP contribution >= 0.6 is 0 Å². The van der Waals surface area contributed by atoms with Crippen molar-refractivity contribution in [2.75, 3.05) is 30.9 Å². The van der Waals surface area contributed by atoms with Crippen LogP contribution in [-0.2, 0) is 9.73 Å². The van der Waals surface area contributed by atoms with E-state index in [1.54, 1.807) is 6.07 Å². The maximum Gasteiger partial charge on any atom is 0.319 e. The van der Waals surface area contributed by atoms with Crippen molar-refractivity contribution in [3.05, 3.63) is 30.1 Å². The summed E-state index contributed by atoms with van der Waals surface area (Å²) in [4.78, 5) is 11.4. The van der Waals surface area contributed by atoms with E-state index in [0.29, 0.717) is 0 Å². The van der Waals surface area contributed by atoms with E-state index in [2.05, 4.69) is 15.0 Å². The molecule has 7 heteroatoms. The molecule has 1 aromatic carbocycles. The molecule has 1 rings (SSSR count). The highest BCUT2D eigenvalue weighted by Gasteiger charge is 2.06. The third-order valence-corrected chi connectivity index (χ3v) is 4.01. The van der Waals surface area contributed by atoms with Crippen LogP contribution in [0.5, 0.6) is 0 Å². The molecule has 0 unspecified atom stereocenters. The second-order valence-corrected chi connectivity index (χ2v) is 6.40. The van der Waals surface area contributed by atoms with Crippen molar-refractivity contribution in [2.45, 2.75) is 0 Å². The number of benzene rings is 1. The monoisotopic (exact) mass is 273 g/mol. The number of para-hydroxylation sites is 1. The van der Waals surface area contributed by atoms with Gasteiger partial charge in [0.2, 0.25) is 0 Å². The van der Waals surface area contributed by atoms with Crippen LogP contribution in [0.2, 0.25) is 0 Å². The summed E-state index contributed by atoms with van der Waals surface area (Å²) in [6.45, 7) is 0.215. The molecule has 18 heavy (non-hydrogen) atoms. The van der Waals surface area contributed by atoms with Crippen LogP contribution in [-0.4, -0.2) is 35.8 Å². The van der Waals surface area contributed by atoms with Crippen LogP contribution in [0.15, 0.2) is 28.6 Å². The Labute approximate surface area is 106 Å². The Kier molecular flexibility index (Phi) is 5.08. The molecule has 0 aliphatic rings. The summed E-state index contributed by atoms with van der Waals surface area (Å²) in [5.74, 6) is -0.246. The second-order valence-electron chi connectivity index (χ2n) is 3.71. The summed E-state index contributed by atoms with van der Waals surface area (Å²) < 4.78 is 28.5. The normalized spacial score (nSPS) is 13.5. The standard InChI is InChI=1S/C11H16FN3O2S/c1-13-18(2,17)8-7-14-11(16)15-10-6-4-3-5-9(10)12/h3-6H,7-8H2,1-2H3,(H2,14,15,16)/t18-/m1/s1. The molecule has 0 bridgehead atoms. The van der Waals surface area contributed by atoms with Gasteiger partial charge in [0.05, 0.1) is 5.69 Å². The minimum atomic E-state index is -2.24. The average molecular weight is 273 g/mol. The van der Waals surface area contributed by atoms with E-state index in [0.717, 1.165) is 0 Å². The van der Waals surface area contributed by atoms with Crippen molar-refractivity contribution in [2.24, 2.45) is 4.36 Å². The van der Waals surface area contributed by atoms with E-state index in [1.165, 1.54) is 31.5 Å². The lowest BCUT2D eigenvalue weighted by Crippen LogP contribution is -2.32. The van der Waals surface area contributed by atoms with Gasteiger partial charge in [-0.2, -0.15) is 0 Å². The smallest absolute Gasteiger partial charge is 0.319 e. The van der Waals surface area contributed by atoms with Gasteiger partial charge in [-0.1, -0.05) is 12.1 Å². The molecule has 2 N–H and O–H groups in total. The summed E-state index contributed by atoms with van der Waals surface area (Å²) in [5, 5.41) is 4.86. The van der Waals surface area contributed by atoms with Gasteiger partial charge in [-0.3, -0.25) is 0 Å². The Bertz CT molecular complexity index is 539. The van der Waals surface area contributed by atoms with Gasteiger partial charge in [0.15, 0.2) is 0 Å². The van der Waals surface area contributed by atoms with Crippen LogP contribution in [0.4, 0.5) is 14.9 Å². The van der Waals surface area contributed by atoms with E-state index < -0.39 is 21.6 Å². The summed E-state index contributed by atoms with van der Waals surface area (Å²) in [7, 11) is -0.764. The van der Waals surface area contributed by atoms with Crippen molar-refractivity contribution in [3.63, 3.8) is 0 Å². The number of nitrogens with zero attached hydrogens (tertiary/aromatic N) is 1. The molecule has 1 aromatic rings. The molecule has 0 aliphatic heterocycles. The van der Waals surface area contributed by atoms with Gasteiger partial charge in [0.1, 0.15) is 5.82 Å². The number of carbonyl (C=O) groups excluding carboxylic acids is 1. The predicted molar refractivity (Wildman–Crippen MR) is 70.7 cm³/mol. The molecule has 5 nitrogen and oxygen atoms in total. The van der Waals surface area contributed by atoms with Crippen molar-refractivity contribution < 1.29 is 13.4 Å². The van der Waals surface area contributed by atoms with Crippen LogP contribution in [0.25, 0.3) is 0 Å². The SMILES string of the molecule is CN=[S@](C)(=O)CCNC(=O)Nc1ccccc1F. The summed E-state index contributed by atoms with van der Waals surface area (Å²) in [6.07, 6.45) is 1.52. The maximum absolute atomic E-state index is 13.2. The predicted octanol–water partition coefficient (Wildman–Crippen LogP) is 1.67. The number of nitrogens with one attached hydrogen (secondary N) is 2. The maximum atomic E-state index is 13.2. The zero-order chi connectivity index (χ0) is 13.6. The van der Waals surface area contributed by atoms with Crippen LogP contribution < -0.4 is 10.6 Å². The largest absolute Gasteiger partial charge is 0.337 e.